The third-order valence-corrected chi connectivity index (χ3v) is 5.08. The van der Waals surface area contributed by atoms with Crippen molar-refractivity contribution >= 4 is 23.7 Å². The van der Waals surface area contributed by atoms with Crippen molar-refractivity contribution in [3.63, 3.8) is 0 Å². The molecular weight excluding hydrogens is 378 g/mol. The van der Waals surface area contributed by atoms with Crippen LogP contribution < -0.4 is 10.6 Å². The number of urea groups is 1. The number of nitrogens with one attached hydrogen (secondary N) is 2. The average molecular weight is 399 g/mol. The number of hydrogen-bond acceptors (Lipinski definition) is 6. The summed E-state index contributed by atoms with van der Waals surface area (Å²) in [5.41, 5.74) is 2.03. The lowest BCUT2D eigenvalue weighted by Gasteiger charge is -2.13. The molecule has 9 heteroatoms. The van der Waals surface area contributed by atoms with Gasteiger partial charge < -0.3 is 9.73 Å². The van der Waals surface area contributed by atoms with E-state index in [-0.39, 0.29) is 0 Å². The number of aryl methyl sites for hydroxylation is 1. The number of amides is 3. The fourth-order valence-electron chi connectivity index (χ4n) is 2.56. The van der Waals surface area contributed by atoms with E-state index in [1.165, 1.54) is 18.8 Å². The van der Waals surface area contributed by atoms with Crippen molar-refractivity contribution in [1.82, 2.24) is 25.4 Å². The minimum atomic E-state index is -0.546. The molecule has 8 nitrogen and oxygen atoms in total. The third kappa shape index (κ3) is 4.61. The topological polar surface area (TPSA) is 102 Å². The molecule has 0 fully saturated rings. The van der Waals surface area contributed by atoms with Crippen molar-refractivity contribution in [3.05, 3.63) is 54.0 Å². The Morgan fingerprint density at radius 1 is 1.25 bits per heavy atom. The van der Waals surface area contributed by atoms with E-state index in [0.29, 0.717) is 17.5 Å². The van der Waals surface area contributed by atoms with Gasteiger partial charge in [0, 0.05) is 12.6 Å². The van der Waals surface area contributed by atoms with E-state index < -0.39 is 17.2 Å². The van der Waals surface area contributed by atoms with Gasteiger partial charge in [-0.3, -0.25) is 14.7 Å². The van der Waals surface area contributed by atoms with Crippen molar-refractivity contribution in [2.45, 2.75) is 30.8 Å². The minimum Gasteiger partial charge on any atom is -0.467 e. The van der Waals surface area contributed by atoms with Crippen LogP contribution in [0.2, 0.25) is 0 Å². The van der Waals surface area contributed by atoms with Gasteiger partial charge in [0.2, 0.25) is 5.91 Å². The Hall–Kier alpha value is -3.07. The number of nitrogens with zero attached hydrogens (tertiary/aromatic N) is 3. The SMILES string of the molecule is CNC(=O)NC(=O)[C@@H](C)Sc1nnc(-c2cccc(C)c2)n1Cc1ccco1. The van der Waals surface area contributed by atoms with Gasteiger partial charge in [0.1, 0.15) is 5.76 Å². The van der Waals surface area contributed by atoms with Gasteiger partial charge in [-0.2, -0.15) is 0 Å². The molecule has 0 unspecified atom stereocenters. The second kappa shape index (κ2) is 8.75. The molecule has 0 aliphatic heterocycles. The summed E-state index contributed by atoms with van der Waals surface area (Å²) < 4.78 is 7.38. The average Bonchev–Trinajstić information content (AvgIpc) is 3.32. The first-order valence-electron chi connectivity index (χ1n) is 8.69. The Morgan fingerprint density at radius 3 is 2.75 bits per heavy atom. The standard InChI is InChI=1S/C19H21N5O3S/c1-12-6-4-7-14(10-12)16-22-23-19(24(16)11-15-8-5-9-27-15)28-13(2)17(25)21-18(26)20-3/h4-10,13H,11H2,1-3H3,(H2,20,21,25,26)/t13-/m1/s1. The normalized spacial score (nSPS) is 11.8. The molecule has 1 aromatic carbocycles. The van der Waals surface area contributed by atoms with Gasteiger partial charge in [-0.25, -0.2) is 4.79 Å². The Labute approximate surface area is 166 Å². The number of hydrogen-bond donors (Lipinski definition) is 2. The quantitative estimate of drug-likeness (QED) is 0.618. The van der Waals surface area contributed by atoms with Crippen LogP contribution in [0.3, 0.4) is 0 Å². The summed E-state index contributed by atoms with van der Waals surface area (Å²) in [7, 11) is 1.45. The van der Waals surface area contributed by atoms with E-state index in [0.717, 1.165) is 16.9 Å². The predicted octanol–water partition coefficient (Wildman–Crippen LogP) is 2.83. The molecule has 2 aromatic heterocycles. The van der Waals surface area contributed by atoms with Crippen LogP contribution in [0.15, 0.2) is 52.2 Å². The van der Waals surface area contributed by atoms with Gasteiger partial charge in [-0.15, -0.1) is 10.2 Å². The molecule has 0 radical (unpaired) electrons. The minimum absolute atomic E-state index is 0.408. The number of furan rings is 1. The van der Waals surface area contributed by atoms with Gasteiger partial charge in [0.25, 0.3) is 0 Å². The van der Waals surface area contributed by atoms with Crippen LogP contribution in [0.5, 0.6) is 0 Å². The summed E-state index contributed by atoms with van der Waals surface area (Å²) in [6.07, 6.45) is 1.61. The number of benzene rings is 1. The fourth-order valence-corrected chi connectivity index (χ4v) is 3.41. The van der Waals surface area contributed by atoms with Crippen molar-refractivity contribution in [1.29, 1.82) is 0 Å². The molecule has 3 aromatic rings. The van der Waals surface area contributed by atoms with Gasteiger partial charge in [0.05, 0.1) is 18.1 Å². The van der Waals surface area contributed by atoms with E-state index in [2.05, 4.69) is 20.8 Å². The van der Waals surface area contributed by atoms with Crippen molar-refractivity contribution in [3.8, 4) is 11.4 Å². The largest absolute Gasteiger partial charge is 0.467 e. The van der Waals surface area contributed by atoms with Crippen molar-refractivity contribution in [2.24, 2.45) is 0 Å². The number of rotatable bonds is 6. The van der Waals surface area contributed by atoms with E-state index in [9.17, 15) is 9.59 Å². The van der Waals surface area contributed by atoms with Crippen LogP contribution >= 0.6 is 11.8 Å². The van der Waals surface area contributed by atoms with Crippen LogP contribution in [0.1, 0.15) is 18.2 Å². The Kier molecular flexibility index (Phi) is 6.15. The molecule has 0 aliphatic rings. The Balaban J connectivity index is 1.90. The summed E-state index contributed by atoms with van der Waals surface area (Å²) in [4.78, 5) is 23.6. The van der Waals surface area contributed by atoms with Crippen molar-refractivity contribution < 1.29 is 14.0 Å². The lowest BCUT2D eigenvalue weighted by molar-refractivity contribution is -0.119. The fraction of sp³-hybridized carbons (Fsp3) is 0.263. The zero-order valence-electron chi connectivity index (χ0n) is 15.8. The highest BCUT2D eigenvalue weighted by Gasteiger charge is 2.22. The second-order valence-electron chi connectivity index (χ2n) is 6.17. The highest BCUT2D eigenvalue weighted by atomic mass is 32.2. The van der Waals surface area contributed by atoms with E-state index in [1.807, 2.05) is 47.9 Å². The number of imide groups is 1. The number of thioether (sulfide) groups is 1. The smallest absolute Gasteiger partial charge is 0.321 e. The summed E-state index contributed by atoms with van der Waals surface area (Å²) in [6.45, 7) is 4.15. The van der Waals surface area contributed by atoms with E-state index >= 15 is 0 Å². The van der Waals surface area contributed by atoms with Crippen LogP contribution in [-0.2, 0) is 11.3 Å². The predicted molar refractivity (Wildman–Crippen MR) is 106 cm³/mol. The number of carbonyl (C=O) groups is 2. The van der Waals surface area contributed by atoms with E-state index in [4.69, 9.17) is 4.42 Å². The third-order valence-electron chi connectivity index (χ3n) is 4.00. The van der Waals surface area contributed by atoms with Gasteiger partial charge in [0.15, 0.2) is 11.0 Å². The van der Waals surface area contributed by atoms with Crippen LogP contribution in [0, 0.1) is 6.92 Å². The molecule has 0 aliphatic carbocycles. The first kappa shape index (κ1) is 19.7. The molecular formula is C19H21N5O3S. The molecule has 0 saturated carbocycles. The summed E-state index contributed by atoms with van der Waals surface area (Å²) in [6, 6.07) is 11.1. The molecule has 0 bridgehead atoms. The summed E-state index contributed by atoms with van der Waals surface area (Å²) >= 11 is 1.23. The molecule has 2 N–H and O–H groups in total. The lowest BCUT2D eigenvalue weighted by Crippen LogP contribution is -2.41. The number of carbonyl (C=O) groups excluding carboxylic acids is 2. The monoisotopic (exact) mass is 399 g/mol. The maximum atomic E-state index is 12.2. The summed E-state index contributed by atoms with van der Waals surface area (Å²) in [5.74, 6) is 1.02. The maximum Gasteiger partial charge on any atom is 0.321 e. The van der Waals surface area contributed by atoms with Gasteiger partial charge >= 0.3 is 6.03 Å². The molecule has 0 saturated heterocycles. The maximum absolute atomic E-state index is 12.2. The molecule has 0 spiro atoms. The molecule has 1 atom stereocenters. The lowest BCUT2D eigenvalue weighted by atomic mass is 10.1. The van der Waals surface area contributed by atoms with Gasteiger partial charge in [-0.05, 0) is 32.0 Å². The molecule has 3 amide bonds. The zero-order chi connectivity index (χ0) is 20.1. The van der Waals surface area contributed by atoms with Crippen LogP contribution in [0.4, 0.5) is 4.79 Å². The molecule has 2 heterocycles. The van der Waals surface area contributed by atoms with Crippen LogP contribution in [0.25, 0.3) is 11.4 Å². The second-order valence-corrected chi connectivity index (χ2v) is 7.48. The number of aromatic nitrogens is 3. The Bertz CT molecular complexity index is 968. The van der Waals surface area contributed by atoms with Gasteiger partial charge in [-0.1, -0.05) is 35.5 Å². The highest BCUT2D eigenvalue weighted by molar-refractivity contribution is 8.00. The molecule has 146 valence electrons. The van der Waals surface area contributed by atoms with Crippen molar-refractivity contribution in [2.75, 3.05) is 7.05 Å². The van der Waals surface area contributed by atoms with E-state index in [1.54, 1.807) is 13.2 Å². The first-order valence-corrected chi connectivity index (χ1v) is 9.57. The zero-order valence-corrected chi connectivity index (χ0v) is 16.6. The Morgan fingerprint density at radius 2 is 2.07 bits per heavy atom. The molecule has 28 heavy (non-hydrogen) atoms. The molecule has 3 rings (SSSR count). The summed E-state index contributed by atoms with van der Waals surface area (Å²) in [5, 5.41) is 13.3. The highest BCUT2D eigenvalue weighted by Crippen LogP contribution is 2.28. The van der Waals surface area contributed by atoms with Crippen LogP contribution in [-0.4, -0.2) is 39.0 Å². The first-order chi connectivity index (χ1) is 13.5.